The Morgan fingerprint density at radius 2 is 2.10 bits per heavy atom. The van der Waals surface area contributed by atoms with Gasteiger partial charge in [0.1, 0.15) is 5.69 Å². The summed E-state index contributed by atoms with van der Waals surface area (Å²) in [5, 5.41) is 10.6. The Morgan fingerprint density at radius 1 is 1.33 bits per heavy atom. The van der Waals surface area contributed by atoms with Gasteiger partial charge in [0.2, 0.25) is 5.91 Å². The largest absolute Gasteiger partial charge is 0.505 e. The van der Waals surface area contributed by atoms with E-state index in [4.69, 9.17) is 4.89 Å². The molecule has 2 N–H and O–H groups in total. The summed E-state index contributed by atoms with van der Waals surface area (Å²) in [5.41, 5.74) is 1.76. The molecule has 2 rings (SSSR count). The lowest BCUT2D eigenvalue weighted by Gasteiger charge is -2.00. The summed E-state index contributed by atoms with van der Waals surface area (Å²) in [6, 6.07) is 9.86. The highest BCUT2D eigenvalue weighted by Gasteiger charge is 2.13. The van der Waals surface area contributed by atoms with Gasteiger partial charge in [-0.05, 0) is 10.1 Å². The Kier molecular flexibility index (Phi) is 5.54. The fourth-order valence-electron chi connectivity index (χ4n) is 1.74. The van der Waals surface area contributed by atoms with Crippen molar-refractivity contribution in [3.8, 4) is 0 Å². The molecule has 2 aromatic rings. The highest BCUT2D eigenvalue weighted by molar-refractivity contribution is 7.38. The maximum absolute atomic E-state index is 11.4. The quantitative estimate of drug-likeness (QED) is 0.746. The predicted octanol–water partition coefficient (Wildman–Crippen LogP) is 1.07. The number of nitrogens with one attached hydrogen (secondary N) is 1. The second-order valence-electron chi connectivity index (χ2n) is 4.50. The number of benzene rings is 1. The first-order valence-electron chi connectivity index (χ1n) is 6.46. The van der Waals surface area contributed by atoms with Crippen molar-refractivity contribution in [1.82, 2.24) is 20.3 Å². The zero-order valence-electron chi connectivity index (χ0n) is 11.3. The fourth-order valence-corrected chi connectivity index (χ4v) is 2.14. The Labute approximate surface area is 122 Å². The number of rotatable bonds is 7. The molecule has 1 amide bonds. The summed E-state index contributed by atoms with van der Waals surface area (Å²) in [6.45, 7) is 0.878. The van der Waals surface area contributed by atoms with Crippen LogP contribution in [-0.2, 0) is 22.4 Å². The van der Waals surface area contributed by atoms with E-state index in [0.29, 0.717) is 12.2 Å². The first kappa shape index (κ1) is 15.3. The van der Waals surface area contributed by atoms with E-state index < -0.39 is 8.03 Å². The maximum atomic E-state index is 11.4. The normalized spacial score (nSPS) is 11.2. The van der Waals surface area contributed by atoms with Gasteiger partial charge in [0.25, 0.3) is 0 Å². The molecule has 0 fully saturated rings. The molecule has 1 aromatic heterocycles. The van der Waals surface area contributed by atoms with Crippen molar-refractivity contribution < 1.29 is 14.3 Å². The van der Waals surface area contributed by atoms with Gasteiger partial charge < -0.3 is 5.32 Å². The van der Waals surface area contributed by atoms with Gasteiger partial charge in [-0.2, -0.15) is 4.89 Å². The van der Waals surface area contributed by atoms with Crippen LogP contribution in [0.2, 0.25) is 0 Å². The number of carbonyl (C=O) groups is 1. The van der Waals surface area contributed by atoms with Crippen LogP contribution in [-0.4, -0.2) is 32.0 Å². The molecular weight excluding hydrogens is 291 g/mol. The average Bonchev–Trinajstić information content (AvgIpc) is 2.91. The Hall–Kier alpha value is -2.11. The molecule has 0 saturated carbocycles. The minimum absolute atomic E-state index is 0.0259. The molecule has 0 radical (unpaired) electrons. The highest BCUT2D eigenvalue weighted by Crippen LogP contribution is 2.13. The molecule has 1 atom stereocenters. The molecule has 1 aromatic carbocycles. The molecule has 1 unspecified atom stereocenters. The lowest BCUT2D eigenvalue weighted by atomic mass is 10.2. The van der Waals surface area contributed by atoms with Crippen molar-refractivity contribution >= 4 is 13.9 Å². The van der Waals surface area contributed by atoms with E-state index in [2.05, 4.69) is 15.6 Å². The third-order valence-electron chi connectivity index (χ3n) is 2.77. The van der Waals surface area contributed by atoms with E-state index in [-0.39, 0.29) is 25.0 Å². The lowest BCUT2D eigenvalue weighted by molar-refractivity contribution is -0.120. The lowest BCUT2D eigenvalue weighted by Crippen LogP contribution is -2.23. The van der Waals surface area contributed by atoms with E-state index in [1.54, 1.807) is 10.9 Å². The number of carbonyl (C=O) groups excluding carboxylic acids is 1. The third kappa shape index (κ3) is 5.41. The van der Waals surface area contributed by atoms with Crippen LogP contribution in [0.4, 0.5) is 0 Å². The number of aromatic nitrogens is 3. The van der Waals surface area contributed by atoms with Crippen LogP contribution in [0.5, 0.6) is 0 Å². The molecule has 0 saturated heterocycles. The van der Waals surface area contributed by atoms with E-state index in [1.807, 2.05) is 30.3 Å². The molecular formula is C13H16N4O3P+. The molecule has 0 aliphatic heterocycles. The maximum Gasteiger partial charge on any atom is 0.505 e. The standard InChI is InChI=1S/C13H15N4O3P/c18-13(6-7-21(19)20)14-8-12-10-17(16-15-12)9-11-4-2-1-3-5-11/h1-5,10H,6-9H2,(H-,14,18,19,20)/p+1. The SMILES string of the molecule is O=C(CC[P+](=O)O)NCc1cn(Cc2ccccc2)nn1. The van der Waals surface area contributed by atoms with Crippen LogP contribution < -0.4 is 5.32 Å². The van der Waals surface area contributed by atoms with Crippen molar-refractivity contribution in [2.24, 2.45) is 0 Å². The number of nitrogens with zero attached hydrogens (tertiary/aromatic N) is 3. The summed E-state index contributed by atoms with van der Waals surface area (Å²) < 4.78 is 12.2. The van der Waals surface area contributed by atoms with E-state index in [9.17, 15) is 9.36 Å². The fraction of sp³-hybridized carbons (Fsp3) is 0.308. The van der Waals surface area contributed by atoms with Gasteiger partial charge in [-0.1, -0.05) is 35.5 Å². The average molecular weight is 307 g/mol. The molecule has 0 aliphatic carbocycles. The highest BCUT2D eigenvalue weighted by atomic mass is 31.1. The van der Waals surface area contributed by atoms with Gasteiger partial charge in [-0.25, -0.2) is 4.68 Å². The zero-order chi connectivity index (χ0) is 15.1. The van der Waals surface area contributed by atoms with Gasteiger partial charge in [0.15, 0.2) is 6.16 Å². The van der Waals surface area contributed by atoms with Crippen LogP contribution >= 0.6 is 8.03 Å². The minimum atomic E-state index is -2.27. The van der Waals surface area contributed by atoms with Crippen molar-refractivity contribution in [1.29, 1.82) is 0 Å². The van der Waals surface area contributed by atoms with E-state index in [1.165, 1.54) is 0 Å². The monoisotopic (exact) mass is 307 g/mol. The van der Waals surface area contributed by atoms with Gasteiger partial charge in [-0.3, -0.25) is 4.79 Å². The topological polar surface area (TPSA) is 97.1 Å². The van der Waals surface area contributed by atoms with Gasteiger partial charge in [-0.15, -0.1) is 5.10 Å². The summed E-state index contributed by atoms with van der Waals surface area (Å²) in [7, 11) is -2.27. The first-order valence-corrected chi connectivity index (χ1v) is 7.86. The van der Waals surface area contributed by atoms with Crippen LogP contribution in [0.25, 0.3) is 0 Å². The van der Waals surface area contributed by atoms with Gasteiger partial charge in [0, 0.05) is 0 Å². The molecule has 7 nitrogen and oxygen atoms in total. The van der Waals surface area contributed by atoms with Gasteiger partial charge >= 0.3 is 8.03 Å². The second-order valence-corrected chi connectivity index (χ2v) is 5.65. The zero-order valence-corrected chi connectivity index (χ0v) is 12.2. The van der Waals surface area contributed by atoms with Crippen molar-refractivity contribution in [3.63, 3.8) is 0 Å². The van der Waals surface area contributed by atoms with Crippen molar-refractivity contribution in [2.75, 3.05) is 6.16 Å². The Bertz CT molecular complexity index is 615. The van der Waals surface area contributed by atoms with Crippen molar-refractivity contribution in [2.45, 2.75) is 19.5 Å². The number of hydrogen-bond acceptors (Lipinski definition) is 4. The summed E-state index contributed by atoms with van der Waals surface area (Å²) in [5.74, 6) is -0.273. The van der Waals surface area contributed by atoms with Gasteiger partial charge in [0.05, 0.1) is 25.7 Å². The Balaban J connectivity index is 1.80. The second kappa shape index (κ2) is 7.61. The minimum Gasteiger partial charge on any atom is -0.350 e. The summed E-state index contributed by atoms with van der Waals surface area (Å²) >= 11 is 0. The molecule has 0 spiro atoms. The summed E-state index contributed by atoms with van der Waals surface area (Å²) in [4.78, 5) is 20.0. The van der Waals surface area contributed by atoms with Crippen LogP contribution in [0, 0.1) is 0 Å². The van der Waals surface area contributed by atoms with Crippen LogP contribution in [0.15, 0.2) is 36.5 Å². The molecule has 0 bridgehead atoms. The summed E-state index contributed by atoms with van der Waals surface area (Å²) in [6.07, 6.45) is 1.77. The number of hydrogen-bond donors (Lipinski definition) is 2. The molecule has 8 heteroatoms. The van der Waals surface area contributed by atoms with Crippen LogP contribution in [0.3, 0.4) is 0 Å². The predicted molar refractivity (Wildman–Crippen MR) is 76.7 cm³/mol. The molecule has 110 valence electrons. The Morgan fingerprint density at radius 3 is 2.81 bits per heavy atom. The van der Waals surface area contributed by atoms with E-state index in [0.717, 1.165) is 5.56 Å². The van der Waals surface area contributed by atoms with Crippen LogP contribution in [0.1, 0.15) is 17.7 Å². The number of amides is 1. The molecule has 1 heterocycles. The van der Waals surface area contributed by atoms with E-state index >= 15 is 0 Å². The molecule has 0 aliphatic rings. The molecule has 21 heavy (non-hydrogen) atoms. The van der Waals surface area contributed by atoms with Crippen molar-refractivity contribution in [3.05, 3.63) is 47.8 Å². The third-order valence-corrected chi connectivity index (χ3v) is 3.38. The first-order chi connectivity index (χ1) is 10.1. The smallest absolute Gasteiger partial charge is 0.350 e.